The van der Waals surface area contributed by atoms with E-state index in [4.69, 9.17) is 4.74 Å². The summed E-state index contributed by atoms with van der Waals surface area (Å²) < 4.78 is 21.3. The topological polar surface area (TPSA) is 130 Å². The van der Waals surface area contributed by atoms with Crippen molar-refractivity contribution in [3.05, 3.63) is 70.2 Å². The van der Waals surface area contributed by atoms with Gasteiger partial charge in [0.2, 0.25) is 5.91 Å². The number of allylic oxidation sites excluding steroid dienone is 1. The summed E-state index contributed by atoms with van der Waals surface area (Å²) in [7, 11) is 6.20. The van der Waals surface area contributed by atoms with Gasteiger partial charge < -0.3 is 29.4 Å². The molecule has 12 heteroatoms. The van der Waals surface area contributed by atoms with Gasteiger partial charge in [0.25, 0.3) is 11.5 Å². The minimum atomic E-state index is -1.22. The van der Waals surface area contributed by atoms with Gasteiger partial charge in [-0.3, -0.25) is 14.4 Å². The van der Waals surface area contributed by atoms with Crippen molar-refractivity contribution >= 4 is 34.6 Å². The van der Waals surface area contributed by atoms with Crippen LogP contribution in [0.2, 0.25) is 0 Å². The summed E-state index contributed by atoms with van der Waals surface area (Å²) in [6, 6.07) is 6.16. The number of pyridine rings is 1. The Labute approximate surface area is 244 Å². The predicted molar refractivity (Wildman–Crippen MR) is 159 cm³/mol. The molecule has 3 amide bonds. The Hall–Kier alpha value is -4.48. The number of nitrogens with zero attached hydrogens (tertiary/aromatic N) is 4. The minimum Gasteiger partial charge on any atom is -0.436 e. The van der Waals surface area contributed by atoms with E-state index in [9.17, 15) is 23.6 Å². The Balaban J connectivity index is 1.81. The number of hydrogen-bond donors (Lipinski definition) is 2. The first kappa shape index (κ1) is 32.0. The lowest BCUT2D eigenvalue weighted by Crippen LogP contribution is -2.37. The third-order valence-electron chi connectivity index (χ3n) is 6.24. The Morgan fingerprint density at radius 3 is 2.50 bits per heavy atom. The molecule has 0 radical (unpaired) electrons. The molecule has 0 bridgehead atoms. The van der Waals surface area contributed by atoms with Crippen molar-refractivity contribution in [2.24, 2.45) is 5.41 Å². The maximum atomic E-state index is 14.6. The van der Waals surface area contributed by atoms with Crippen LogP contribution in [-0.2, 0) is 27.3 Å². The minimum absolute atomic E-state index is 0.00929. The SMILES string of the molecule is CN(C)C(=O)C=CCCC(OC(=O)N(C)C)C(=O)Nc1cccn(Cc2nc3c(CC(C)(C)C)ccc(F)c3[nH]2)c1=O. The highest BCUT2D eigenvalue weighted by molar-refractivity contribution is 5.95. The van der Waals surface area contributed by atoms with E-state index in [0.29, 0.717) is 17.8 Å². The number of benzene rings is 1. The van der Waals surface area contributed by atoms with E-state index in [0.717, 1.165) is 5.56 Å². The van der Waals surface area contributed by atoms with Crippen molar-refractivity contribution in [3.63, 3.8) is 0 Å². The average Bonchev–Trinajstić information content (AvgIpc) is 3.33. The third-order valence-corrected chi connectivity index (χ3v) is 6.24. The number of hydrogen-bond acceptors (Lipinski definition) is 6. The number of anilines is 1. The standard InChI is InChI=1S/C30H39FN6O5/c1-30(2,3)17-19-14-15-20(31)26-25(19)33-23(34-26)18-37-16-10-11-21(28(37)40)32-27(39)22(42-29(41)36(6)7)12-8-9-13-24(38)35(4)5/h9-11,13-16,22H,8,12,17-18H2,1-7H3,(H,32,39)(H,33,34). The highest BCUT2D eigenvalue weighted by Gasteiger charge is 2.25. The predicted octanol–water partition coefficient (Wildman–Crippen LogP) is 3.93. The van der Waals surface area contributed by atoms with Gasteiger partial charge in [-0.05, 0) is 54.5 Å². The molecule has 3 aromatic rings. The molecule has 2 N–H and O–H groups in total. The van der Waals surface area contributed by atoms with Crippen molar-refractivity contribution in [1.82, 2.24) is 24.3 Å². The van der Waals surface area contributed by atoms with E-state index in [1.807, 2.05) is 0 Å². The van der Waals surface area contributed by atoms with Crippen molar-refractivity contribution in [1.29, 1.82) is 0 Å². The zero-order chi connectivity index (χ0) is 31.2. The second-order valence-corrected chi connectivity index (χ2v) is 11.7. The van der Waals surface area contributed by atoms with E-state index in [-0.39, 0.29) is 41.9 Å². The first-order valence-electron chi connectivity index (χ1n) is 13.6. The highest BCUT2D eigenvalue weighted by atomic mass is 19.1. The lowest BCUT2D eigenvalue weighted by Gasteiger charge is -2.19. The summed E-state index contributed by atoms with van der Waals surface area (Å²) >= 11 is 0. The van der Waals surface area contributed by atoms with E-state index in [2.05, 4.69) is 36.1 Å². The van der Waals surface area contributed by atoms with Gasteiger partial charge in [0, 0.05) is 34.4 Å². The Morgan fingerprint density at radius 2 is 1.86 bits per heavy atom. The molecular formula is C30H39FN6O5. The monoisotopic (exact) mass is 582 g/mol. The molecule has 1 unspecified atom stereocenters. The molecule has 3 rings (SSSR count). The molecule has 0 aliphatic carbocycles. The zero-order valence-electron chi connectivity index (χ0n) is 25.2. The number of rotatable bonds is 10. The molecule has 2 heterocycles. The number of nitrogens with one attached hydrogen (secondary N) is 2. The lowest BCUT2D eigenvalue weighted by atomic mass is 9.87. The van der Waals surface area contributed by atoms with Gasteiger partial charge in [0.05, 0.1) is 12.1 Å². The number of likely N-dealkylation sites (N-methyl/N-ethyl adjacent to an activating group) is 1. The van der Waals surface area contributed by atoms with Crippen LogP contribution in [0.25, 0.3) is 11.0 Å². The van der Waals surface area contributed by atoms with Crippen LogP contribution in [0.4, 0.5) is 14.9 Å². The molecule has 11 nitrogen and oxygen atoms in total. The normalized spacial score (nSPS) is 12.4. The number of ether oxygens (including phenoxy) is 1. The van der Waals surface area contributed by atoms with Crippen LogP contribution in [0.5, 0.6) is 0 Å². The second-order valence-electron chi connectivity index (χ2n) is 11.7. The fraction of sp³-hybridized carbons (Fsp3) is 0.433. The van der Waals surface area contributed by atoms with Crippen LogP contribution in [-0.4, -0.2) is 76.5 Å². The first-order valence-corrected chi connectivity index (χ1v) is 13.6. The molecule has 0 spiro atoms. The largest absolute Gasteiger partial charge is 0.436 e. The summed E-state index contributed by atoms with van der Waals surface area (Å²) in [5, 5.41) is 2.56. The quantitative estimate of drug-likeness (QED) is 0.349. The van der Waals surface area contributed by atoms with E-state index < -0.39 is 29.5 Å². The molecule has 0 fully saturated rings. The van der Waals surface area contributed by atoms with E-state index in [1.54, 1.807) is 32.3 Å². The Kier molecular flexibility index (Phi) is 10.3. The number of carbonyl (C=O) groups is 3. The Bertz CT molecular complexity index is 1530. The van der Waals surface area contributed by atoms with Crippen molar-refractivity contribution < 1.29 is 23.5 Å². The smallest absolute Gasteiger partial charge is 0.410 e. The summed E-state index contributed by atoms with van der Waals surface area (Å²) in [5.74, 6) is -0.963. The fourth-order valence-electron chi connectivity index (χ4n) is 4.13. The van der Waals surface area contributed by atoms with Gasteiger partial charge in [-0.15, -0.1) is 0 Å². The Morgan fingerprint density at radius 1 is 1.14 bits per heavy atom. The maximum Gasteiger partial charge on any atom is 0.410 e. The van der Waals surface area contributed by atoms with Crippen LogP contribution in [0.3, 0.4) is 0 Å². The molecular weight excluding hydrogens is 543 g/mol. The molecule has 0 saturated carbocycles. The number of aromatic amines is 1. The number of amides is 3. The molecule has 0 saturated heterocycles. The number of carbonyl (C=O) groups excluding carboxylic acids is 3. The van der Waals surface area contributed by atoms with Crippen LogP contribution >= 0.6 is 0 Å². The molecule has 1 atom stereocenters. The second kappa shape index (κ2) is 13.5. The highest BCUT2D eigenvalue weighted by Crippen LogP contribution is 2.27. The molecule has 226 valence electrons. The van der Waals surface area contributed by atoms with Gasteiger partial charge in [-0.2, -0.15) is 0 Å². The van der Waals surface area contributed by atoms with Gasteiger partial charge in [-0.1, -0.05) is 32.9 Å². The molecule has 1 aromatic carbocycles. The number of H-pyrrole nitrogens is 1. The molecule has 0 aliphatic rings. The van der Waals surface area contributed by atoms with Crippen LogP contribution < -0.4 is 10.9 Å². The van der Waals surface area contributed by atoms with Crippen LogP contribution in [0.15, 0.2) is 47.4 Å². The average molecular weight is 583 g/mol. The lowest BCUT2D eigenvalue weighted by molar-refractivity contribution is -0.125. The summed E-state index contributed by atoms with van der Waals surface area (Å²) in [6.45, 7) is 6.27. The van der Waals surface area contributed by atoms with Gasteiger partial charge in [0.15, 0.2) is 6.10 Å². The van der Waals surface area contributed by atoms with E-state index >= 15 is 0 Å². The maximum absolute atomic E-state index is 14.6. The van der Waals surface area contributed by atoms with Gasteiger partial charge >= 0.3 is 6.09 Å². The fourth-order valence-corrected chi connectivity index (χ4v) is 4.13. The van der Waals surface area contributed by atoms with Gasteiger partial charge in [0.1, 0.15) is 22.8 Å². The van der Waals surface area contributed by atoms with Gasteiger partial charge in [-0.25, -0.2) is 14.2 Å². The molecule has 42 heavy (non-hydrogen) atoms. The summed E-state index contributed by atoms with van der Waals surface area (Å²) in [4.78, 5) is 60.5. The van der Waals surface area contributed by atoms with Crippen LogP contribution in [0.1, 0.15) is 45.0 Å². The van der Waals surface area contributed by atoms with E-state index in [1.165, 1.54) is 52.9 Å². The molecule has 0 aliphatic heterocycles. The first-order chi connectivity index (χ1) is 19.7. The number of imidazole rings is 1. The summed E-state index contributed by atoms with van der Waals surface area (Å²) in [5.41, 5.74) is 1.11. The zero-order valence-corrected chi connectivity index (χ0v) is 25.2. The van der Waals surface area contributed by atoms with Crippen molar-refractivity contribution in [2.45, 2.75) is 52.7 Å². The molecule has 2 aromatic heterocycles. The van der Waals surface area contributed by atoms with Crippen molar-refractivity contribution in [3.8, 4) is 0 Å². The number of fused-ring (bicyclic) bond motifs is 1. The number of aromatic nitrogens is 3. The van der Waals surface area contributed by atoms with Crippen molar-refractivity contribution in [2.75, 3.05) is 33.5 Å². The third kappa shape index (κ3) is 8.51. The van der Waals surface area contributed by atoms with Crippen LogP contribution in [0, 0.1) is 11.2 Å². The number of halogens is 1. The summed E-state index contributed by atoms with van der Waals surface area (Å²) in [6.07, 6.45) is 3.61.